The number of fused-ring (bicyclic) bond motifs is 2. The van der Waals surface area contributed by atoms with Crippen LogP contribution in [0.2, 0.25) is 0 Å². The molecule has 0 saturated heterocycles. The maximum Gasteiger partial charge on any atom is -0.000730 e. The summed E-state index contributed by atoms with van der Waals surface area (Å²) in [6, 6.07) is 43.6. The molecule has 0 amide bonds. The van der Waals surface area contributed by atoms with Gasteiger partial charge in [-0.25, -0.2) is 0 Å². The zero-order valence-corrected chi connectivity index (χ0v) is 20.5. The number of hydrogen-bond acceptors (Lipinski definition) is 0. The molecule has 0 aromatic heterocycles. The molecule has 5 aromatic rings. The Kier molecular flexibility index (Phi) is 5.30. The summed E-state index contributed by atoms with van der Waals surface area (Å²) in [7, 11) is 0. The van der Waals surface area contributed by atoms with E-state index in [1.54, 1.807) is 0 Å². The van der Waals surface area contributed by atoms with E-state index >= 15 is 0 Å². The van der Waals surface area contributed by atoms with Crippen LogP contribution in [-0.2, 0) is 0 Å². The fourth-order valence-electron chi connectivity index (χ4n) is 5.71. The average Bonchev–Trinajstić information content (AvgIpc) is 3.63. The van der Waals surface area contributed by atoms with E-state index in [0.29, 0.717) is 0 Å². The Labute approximate surface area is 217 Å². The first kappa shape index (κ1) is 21.6. The maximum atomic E-state index is 3.82. The van der Waals surface area contributed by atoms with Crippen LogP contribution in [0.15, 0.2) is 140 Å². The van der Waals surface area contributed by atoms with Crippen molar-refractivity contribution in [2.45, 2.75) is 6.42 Å². The van der Waals surface area contributed by atoms with Gasteiger partial charge in [-0.2, -0.15) is 0 Å². The first-order valence-corrected chi connectivity index (χ1v) is 12.9. The number of allylic oxidation sites excluding steroid dienone is 4. The molecule has 0 heterocycles. The van der Waals surface area contributed by atoms with Crippen LogP contribution >= 0.6 is 0 Å². The molecule has 0 bridgehead atoms. The molecule has 7 rings (SSSR count). The predicted molar refractivity (Wildman–Crippen MR) is 154 cm³/mol. The molecule has 5 aromatic carbocycles. The summed E-state index contributed by atoms with van der Waals surface area (Å²) in [5, 5.41) is 4.97. The van der Waals surface area contributed by atoms with Crippen LogP contribution in [0.5, 0.6) is 0 Å². The van der Waals surface area contributed by atoms with E-state index in [1.165, 1.54) is 65.4 Å². The second-order valence-corrected chi connectivity index (χ2v) is 9.56. The largest absolute Gasteiger partial charge is 0.0801 e. The van der Waals surface area contributed by atoms with Gasteiger partial charge in [0, 0.05) is 0 Å². The SMILES string of the molecule is [C]1=c2ccccc2=c2cc(-c3ccccc3)c(=C(c3ccccc3)c3ccccc3)c(C3=CC=CC3)c21. The van der Waals surface area contributed by atoms with Crippen LogP contribution in [-0.4, -0.2) is 0 Å². The zero-order valence-electron chi connectivity index (χ0n) is 20.5. The minimum atomic E-state index is 0.923. The third kappa shape index (κ3) is 3.70. The van der Waals surface area contributed by atoms with Crippen molar-refractivity contribution in [1.29, 1.82) is 0 Å². The predicted octanol–water partition coefficient (Wildman–Crippen LogP) is 7.25. The van der Waals surface area contributed by atoms with Gasteiger partial charge in [-0.05, 0) is 84.0 Å². The van der Waals surface area contributed by atoms with Gasteiger partial charge in [0.1, 0.15) is 0 Å². The molecule has 2 aliphatic rings. The lowest BCUT2D eigenvalue weighted by molar-refractivity contribution is 1.35. The molecular weight excluding hydrogens is 444 g/mol. The number of benzene rings is 5. The van der Waals surface area contributed by atoms with E-state index in [9.17, 15) is 0 Å². The van der Waals surface area contributed by atoms with Gasteiger partial charge in [-0.1, -0.05) is 133 Å². The molecule has 1 radical (unpaired) electrons. The molecule has 0 saturated carbocycles. The molecule has 0 fully saturated rings. The Balaban J connectivity index is 1.78. The number of hydrogen-bond donors (Lipinski definition) is 0. The molecule has 0 aliphatic heterocycles. The molecular formula is C37H25. The second-order valence-electron chi connectivity index (χ2n) is 9.56. The first-order valence-electron chi connectivity index (χ1n) is 12.9. The Morgan fingerprint density at radius 2 is 1.24 bits per heavy atom. The van der Waals surface area contributed by atoms with Gasteiger partial charge < -0.3 is 0 Å². The highest BCUT2D eigenvalue weighted by Crippen LogP contribution is 2.33. The minimum Gasteiger partial charge on any atom is -0.0801 e. The van der Waals surface area contributed by atoms with Gasteiger partial charge in [0.25, 0.3) is 0 Å². The molecule has 0 unspecified atom stereocenters. The monoisotopic (exact) mass is 469 g/mol. The van der Waals surface area contributed by atoms with Crippen LogP contribution in [0.4, 0.5) is 0 Å². The van der Waals surface area contributed by atoms with Gasteiger partial charge in [0.2, 0.25) is 0 Å². The molecule has 0 N–H and O–H groups in total. The standard InChI is InChI=1S/C37H25/c1-4-14-26(15-5-1)32-25-33-31-23-13-12-22-30(31)24-34(33)36(29-20-10-11-21-29)37(32)35(27-16-6-2-7-17-27)28-18-8-3-9-19-28/h1-20,22-23,25H,21H2. The highest BCUT2D eigenvalue weighted by molar-refractivity contribution is 5.91. The third-order valence-electron chi connectivity index (χ3n) is 7.36. The van der Waals surface area contributed by atoms with Gasteiger partial charge in [-0.15, -0.1) is 0 Å². The molecule has 0 spiro atoms. The van der Waals surface area contributed by atoms with Crippen molar-refractivity contribution in [2.75, 3.05) is 0 Å². The highest BCUT2D eigenvalue weighted by atomic mass is 14.2. The molecule has 173 valence electrons. The van der Waals surface area contributed by atoms with Crippen LogP contribution in [0, 0.1) is 10.4 Å². The van der Waals surface area contributed by atoms with Crippen molar-refractivity contribution in [3.63, 3.8) is 0 Å². The summed E-state index contributed by atoms with van der Waals surface area (Å²) >= 11 is 0. The second kappa shape index (κ2) is 9.08. The van der Waals surface area contributed by atoms with Crippen LogP contribution in [0.3, 0.4) is 0 Å². The van der Waals surface area contributed by atoms with Gasteiger partial charge in [-0.3, -0.25) is 0 Å². The Morgan fingerprint density at radius 1 is 0.622 bits per heavy atom. The van der Waals surface area contributed by atoms with Crippen molar-refractivity contribution in [2.24, 2.45) is 0 Å². The van der Waals surface area contributed by atoms with E-state index in [0.717, 1.165) is 6.42 Å². The maximum absolute atomic E-state index is 3.82. The van der Waals surface area contributed by atoms with Crippen molar-refractivity contribution in [3.8, 4) is 11.1 Å². The fourth-order valence-corrected chi connectivity index (χ4v) is 5.71. The normalized spacial score (nSPS) is 13.0. The van der Waals surface area contributed by atoms with Crippen molar-refractivity contribution >= 4 is 17.2 Å². The molecule has 0 atom stereocenters. The van der Waals surface area contributed by atoms with Gasteiger partial charge >= 0.3 is 0 Å². The van der Waals surface area contributed by atoms with E-state index in [4.69, 9.17) is 0 Å². The Bertz CT molecular complexity index is 1870. The quantitative estimate of drug-likeness (QED) is 0.255. The summed E-state index contributed by atoms with van der Waals surface area (Å²) < 4.78 is 0. The average molecular weight is 470 g/mol. The van der Waals surface area contributed by atoms with Crippen molar-refractivity contribution in [3.05, 3.63) is 183 Å². The highest BCUT2D eigenvalue weighted by Gasteiger charge is 2.21. The molecule has 37 heavy (non-hydrogen) atoms. The molecule has 2 aliphatic carbocycles. The lowest BCUT2D eigenvalue weighted by atomic mass is 9.84. The van der Waals surface area contributed by atoms with E-state index in [-0.39, 0.29) is 0 Å². The molecule has 0 heteroatoms. The topological polar surface area (TPSA) is 0 Å². The first-order chi connectivity index (χ1) is 18.4. The lowest BCUT2D eigenvalue weighted by Crippen LogP contribution is -2.20. The summed E-state index contributed by atoms with van der Waals surface area (Å²) in [4.78, 5) is 0. The Hall–Kier alpha value is -4.68. The van der Waals surface area contributed by atoms with E-state index in [1.807, 2.05) is 0 Å². The zero-order chi connectivity index (χ0) is 24.6. The lowest BCUT2D eigenvalue weighted by Gasteiger charge is -2.19. The summed E-state index contributed by atoms with van der Waals surface area (Å²) in [6.45, 7) is 0. The van der Waals surface area contributed by atoms with E-state index in [2.05, 4.69) is 146 Å². The van der Waals surface area contributed by atoms with Crippen LogP contribution in [0.1, 0.15) is 28.7 Å². The van der Waals surface area contributed by atoms with Gasteiger partial charge in [0.15, 0.2) is 0 Å². The van der Waals surface area contributed by atoms with Crippen molar-refractivity contribution < 1.29 is 0 Å². The van der Waals surface area contributed by atoms with Crippen LogP contribution < -0.4 is 10.4 Å². The Morgan fingerprint density at radius 3 is 1.89 bits per heavy atom. The smallest absolute Gasteiger partial charge is 0.000730 e. The summed E-state index contributed by atoms with van der Waals surface area (Å²) in [6.07, 6.45) is 11.5. The minimum absolute atomic E-state index is 0.923. The number of rotatable bonds is 4. The fraction of sp³-hybridized carbons (Fsp3) is 0.0270. The summed E-state index contributed by atoms with van der Waals surface area (Å²) in [5.41, 5.74) is 10.0. The third-order valence-corrected chi connectivity index (χ3v) is 7.36. The van der Waals surface area contributed by atoms with Crippen molar-refractivity contribution in [1.82, 2.24) is 0 Å². The molecule has 0 nitrogen and oxygen atoms in total. The van der Waals surface area contributed by atoms with Crippen LogP contribution in [0.25, 0.3) is 28.3 Å². The summed E-state index contributed by atoms with van der Waals surface area (Å²) in [5.74, 6) is 0. The van der Waals surface area contributed by atoms with Gasteiger partial charge in [0.05, 0.1) is 0 Å². The van der Waals surface area contributed by atoms with E-state index < -0.39 is 0 Å².